The van der Waals surface area contributed by atoms with Gasteiger partial charge in [0.15, 0.2) is 0 Å². The summed E-state index contributed by atoms with van der Waals surface area (Å²) in [5.41, 5.74) is 0. The quantitative estimate of drug-likeness (QED) is 0.631. The summed E-state index contributed by atoms with van der Waals surface area (Å²) in [6, 6.07) is 0.373. The first-order valence-electron chi connectivity index (χ1n) is 5.49. The Morgan fingerprint density at radius 2 is 1.86 bits per heavy atom. The summed E-state index contributed by atoms with van der Waals surface area (Å²) in [7, 11) is 1.67. The molecule has 0 saturated heterocycles. The SMILES string of the molecule is CCC(=O)N(CCOC)C(CC)CC. The Bertz CT molecular complexity index is 155. The summed E-state index contributed by atoms with van der Waals surface area (Å²) in [6.07, 6.45) is 2.62. The predicted octanol–water partition coefficient (Wildman–Crippen LogP) is 2.06. The lowest BCUT2D eigenvalue weighted by molar-refractivity contribution is -0.134. The highest BCUT2D eigenvalue weighted by atomic mass is 16.5. The van der Waals surface area contributed by atoms with Gasteiger partial charge in [0.2, 0.25) is 5.91 Å². The number of nitrogens with zero attached hydrogens (tertiary/aromatic N) is 1. The second-order valence-corrected chi connectivity index (χ2v) is 3.40. The van der Waals surface area contributed by atoms with Gasteiger partial charge in [0.1, 0.15) is 0 Å². The van der Waals surface area contributed by atoms with Gasteiger partial charge in [-0.15, -0.1) is 0 Å². The molecule has 0 unspecified atom stereocenters. The second-order valence-electron chi connectivity index (χ2n) is 3.40. The van der Waals surface area contributed by atoms with Gasteiger partial charge in [-0.25, -0.2) is 0 Å². The number of methoxy groups -OCH3 is 1. The Morgan fingerprint density at radius 1 is 1.29 bits per heavy atom. The molecule has 14 heavy (non-hydrogen) atoms. The van der Waals surface area contributed by atoms with Crippen molar-refractivity contribution in [1.29, 1.82) is 0 Å². The van der Waals surface area contributed by atoms with Gasteiger partial charge >= 0.3 is 0 Å². The molecule has 0 fully saturated rings. The topological polar surface area (TPSA) is 29.5 Å². The fourth-order valence-corrected chi connectivity index (χ4v) is 1.63. The molecular formula is C11H23NO2. The lowest BCUT2D eigenvalue weighted by Gasteiger charge is -2.30. The first-order valence-corrected chi connectivity index (χ1v) is 5.49. The third kappa shape index (κ3) is 4.09. The lowest BCUT2D eigenvalue weighted by atomic mass is 10.1. The van der Waals surface area contributed by atoms with E-state index in [0.29, 0.717) is 19.1 Å². The van der Waals surface area contributed by atoms with E-state index in [9.17, 15) is 4.79 Å². The number of hydrogen-bond donors (Lipinski definition) is 0. The fourth-order valence-electron chi connectivity index (χ4n) is 1.63. The van der Waals surface area contributed by atoms with Crippen LogP contribution >= 0.6 is 0 Å². The Labute approximate surface area is 87.4 Å². The molecule has 0 N–H and O–H groups in total. The predicted molar refractivity (Wildman–Crippen MR) is 58.3 cm³/mol. The second kappa shape index (κ2) is 7.80. The van der Waals surface area contributed by atoms with Crippen LogP contribution < -0.4 is 0 Å². The van der Waals surface area contributed by atoms with Gasteiger partial charge in [0.25, 0.3) is 0 Å². The van der Waals surface area contributed by atoms with Crippen LogP contribution in [0.3, 0.4) is 0 Å². The number of rotatable bonds is 7. The molecule has 3 heteroatoms. The summed E-state index contributed by atoms with van der Waals surface area (Å²) in [5, 5.41) is 0. The molecule has 84 valence electrons. The monoisotopic (exact) mass is 201 g/mol. The van der Waals surface area contributed by atoms with Crippen LogP contribution in [0.15, 0.2) is 0 Å². The molecule has 0 radical (unpaired) electrons. The van der Waals surface area contributed by atoms with Gasteiger partial charge < -0.3 is 9.64 Å². The van der Waals surface area contributed by atoms with Crippen LogP contribution in [0.4, 0.5) is 0 Å². The van der Waals surface area contributed by atoms with Crippen molar-refractivity contribution < 1.29 is 9.53 Å². The molecule has 0 bridgehead atoms. The maximum Gasteiger partial charge on any atom is 0.222 e. The average Bonchev–Trinajstić information content (AvgIpc) is 2.23. The molecular weight excluding hydrogens is 178 g/mol. The van der Waals surface area contributed by atoms with Crippen LogP contribution in [-0.2, 0) is 9.53 Å². The lowest BCUT2D eigenvalue weighted by Crippen LogP contribution is -2.41. The highest BCUT2D eigenvalue weighted by Crippen LogP contribution is 2.09. The zero-order valence-electron chi connectivity index (χ0n) is 9.88. The minimum atomic E-state index is 0.232. The minimum absolute atomic E-state index is 0.232. The first kappa shape index (κ1) is 13.4. The molecule has 0 aromatic carbocycles. The van der Waals surface area contributed by atoms with E-state index in [2.05, 4.69) is 13.8 Å². The van der Waals surface area contributed by atoms with Crippen molar-refractivity contribution in [1.82, 2.24) is 4.90 Å². The van der Waals surface area contributed by atoms with Gasteiger partial charge in [-0.2, -0.15) is 0 Å². The maximum absolute atomic E-state index is 11.6. The first-order chi connectivity index (χ1) is 6.71. The number of carbonyl (C=O) groups is 1. The zero-order chi connectivity index (χ0) is 11.0. The number of carbonyl (C=O) groups excluding carboxylic acids is 1. The highest BCUT2D eigenvalue weighted by molar-refractivity contribution is 5.76. The van der Waals surface area contributed by atoms with Gasteiger partial charge in [0.05, 0.1) is 6.61 Å². The van der Waals surface area contributed by atoms with Crippen LogP contribution in [0.5, 0.6) is 0 Å². The molecule has 0 spiro atoms. The van der Waals surface area contributed by atoms with Gasteiger partial charge in [-0.05, 0) is 12.8 Å². The zero-order valence-corrected chi connectivity index (χ0v) is 9.88. The van der Waals surface area contributed by atoms with Crippen LogP contribution in [0.1, 0.15) is 40.0 Å². The molecule has 0 saturated carbocycles. The van der Waals surface area contributed by atoms with Crippen LogP contribution in [-0.4, -0.2) is 37.1 Å². The van der Waals surface area contributed by atoms with Crippen molar-refractivity contribution in [2.24, 2.45) is 0 Å². The van der Waals surface area contributed by atoms with E-state index >= 15 is 0 Å². The molecule has 0 aliphatic heterocycles. The van der Waals surface area contributed by atoms with E-state index in [4.69, 9.17) is 4.74 Å². The molecule has 0 heterocycles. The van der Waals surface area contributed by atoms with Crippen molar-refractivity contribution in [3.63, 3.8) is 0 Å². The molecule has 0 aliphatic carbocycles. The molecule has 0 aromatic rings. The normalized spacial score (nSPS) is 10.6. The number of hydrogen-bond acceptors (Lipinski definition) is 2. The average molecular weight is 201 g/mol. The van der Waals surface area contributed by atoms with Crippen molar-refractivity contribution in [2.75, 3.05) is 20.3 Å². The van der Waals surface area contributed by atoms with Crippen LogP contribution in [0.25, 0.3) is 0 Å². The molecule has 0 rings (SSSR count). The number of ether oxygens (including phenoxy) is 1. The molecule has 0 aliphatic rings. The minimum Gasteiger partial charge on any atom is -0.383 e. The Morgan fingerprint density at radius 3 is 2.21 bits per heavy atom. The smallest absolute Gasteiger partial charge is 0.222 e. The van der Waals surface area contributed by atoms with Crippen molar-refractivity contribution in [2.45, 2.75) is 46.1 Å². The van der Waals surface area contributed by atoms with E-state index in [1.54, 1.807) is 7.11 Å². The Kier molecular flexibility index (Phi) is 7.48. The van der Waals surface area contributed by atoms with Crippen molar-refractivity contribution in [3.8, 4) is 0 Å². The summed E-state index contributed by atoms with van der Waals surface area (Å²) < 4.78 is 5.01. The molecule has 1 amide bonds. The summed E-state index contributed by atoms with van der Waals surface area (Å²) in [5.74, 6) is 0.232. The van der Waals surface area contributed by atoms with E-state index < -0.39 is 0 Å². The largest absolute Gasteiger partial charge is 0.383 e. The number of amides is 1. The van der Waals surface area contributed by atoms with Gasteiger partial charge in [0, 0.05) is 26.1 Å². The van der Waals surface area contributed by atoms with Crippen molar-refractivity contribution >= 4 is 5.91 Å². The summed E-state index contributed by atoms with van der Waals surface area (Å²) in [6.45, 7) is 7.50. The Balaban J connectivity index is 4.27. The molecule has 0 aromatic heterocycles. The van der Waals surface area contributed by atoms with Crippen LogP contribution in [0, 0.1) is 0 Å². The van der Waals surface area contributed by atoms with E-state index in [0.717, 1.165) is 19.4 Å². The van der Waals surface area contributed by atoms with Gasteiger partial charge in [-0.3, -0.25) is 4.79 Å². The standard InChI is InChI=1S/C11H23NO2/c1-5-10(6-2)12(8-9-14-4)11(13)7-3/h10H,5-9H2,1-4H3. The van der Waals surface area contributed by atoms with E-state index in [-0.39, 0.29) is 5.91 Å². The molecule has 3 nitrogen and oxygen atoms in total. The van der Waals surface area contributed by atoms with E-state index in [1.165, 1.54) is 0 Å². The van der Waals surface area contributed by atoms with Crippen molar-refractivity contribution in [3.05, 3.63) is 0 Å². The fraction of sp³-hybridized carbons (Fsp3) is 0.909. The third-order valence-corrected chi connectivity index (χ3v) is 2.54. The Hall–Kier alpha value is -0.570. The van der Waals surface area contributed by atoms with Crippen LogP contribution in [0.2, 0.25) is 0 Å². The summed E-state index contributed by atoms with van der Waals surface area (Å²) >= 11 is 0. The maximum atomic E-state index is 11.6. The molecule has 0 atom stereocenters. The highest BCUT2D eigenvalue weighted by Gasteiger charge is 2.18. The third-order valence-electron chi connectivity index (χ3n) is 2.54. The summed E-state index contributed by atoms with van der Waals surface area (Å²) in [4.78, 5) is 13.6. The van der Waals surface area contributed by atoms with E-state index in [1.807, 2.05) is 11.8 Å². The van der Waals surface area contributed by atoms with Gasteiger partial charge in [-0.1, -0.05) is 20.8 Å².